The van der Waals surface area contributed by atoms with Crippen LogP contribution in [0.1, 0.15) is 24.5 Å². The lowest BCUT2D eigenvalue weighted by Gasteiger charge is -2.35. The summed E-state index contributed by atoms with van der Waals surface area (Å²) in [4.78, 5) is 11.0. The Kier molecular flexibility index (Phi) is 4.53. The van der Waals surface area contributed by atoms with Gasteiger partial charge in [0.15, 0.2) is 0 Å². The first-order valence-corrected chi connectivity index (χ1v) is 7.78. The highest BCUT2D eigenvalue weighted by Gasteiger charge is 2.23. The van der Waals surface area contributed by atoms with Crippen molar-refractivity contribution in [2.24, 2.45) is 0 Å². The second-order valence-corrected chi connectivity index (χ2v) is 5.72. The molecule has 1 atom stereocenters. The maximum atomic E-state index is 8.85. The van der Waals surface area contributed by atoms with Crippen LogP contribution in [0.15, 0.2) is 36.7 Å². The quantitative estimate of drug-likeness (QED) is 0.829. The Balaban J connectivity index is 1.78. The molecule has 1 aromatic heterocycles. The topological polar surface area (TPSA) is 61.3 Å². The lowest BCUT2D eigenvalue weighted by Crippen LogP contribution is -2.38. The van der Waals surface area contributed by atoms with Gasteiger partial charge in [-0.25, -0.2) is 9.97 Å². The number of hydrogen-bond donors (Lipinski definition) is 2. The first-order chi connectivity index (χ1) is 10.8. The molecule has 2 heterocycles. The fourth-order valence-corrected chi connectivity index (χ4v) is 2.88. The molecule has 2 aromatic rings. The Labute approximate surface area is 131 Å². The van der Waals surface area contributed by atoms with Crippen molar-refractivity contribution < 1.29 is 5.11 Å². The van der Waals surface area contributed by atoms with Crippen molar-refractivity contribution in [2.75, 3.05) is 23.4 Å². The summed E-state index contributed by atoms with van der Waals surface area (Å²) in [6.45, 7) is 4.01. The van der Waals surface area contributed by atoms with Crippen molar-refractivity contribution in [3.63, 3.8) is 0 Å². The number of aliphatic hydroxyl groups excluding tert-OH is 1. The van der Waals surface area contributed by atoms with Crippen molar-refractivity contribution in [2.45, 2.75) is 32.4 Å². The summed E-state index contributed by atoms with van der Waals surface area (Å²) in [6, 6.07) is 11.0. The Hall–Kier alpha value is -2.14. The summed E-state index contributed by atoms with van der Waals surface area (Å²) in [6.07, 6.45) is 3.35. The van der Waals surface area contributed by atoms with Crippen LogP contribution in [0, 0.1) is 0 Å². The van der Waals surface area contributed by atoms with Gasteiger partial charge in [-0.1, -0.05) is 24.3 Å². The van der Waals surface area contributed by atoms with E-state index >= 15 is 0 Å². The minimum absolute atomic E-state index is 0.185. The first-order valence-electron chi connectivity index (χ1n) is 7.78. The summed E-state index contributed by atoms with van der Waals surface area (Å²) in [5.74, 6) is 1.76. The maximum absolute atomic E-state index is 8.85. The number of anilines is 2. The minimum atomic E-state index is 0.185. The van der Waals surface area contributed by atoms with Crippen LogP contribution in [0.25, 0.3) is 0 Å². The van der Waals surface area contributed by atoms with Gasteiger partial charge in [0.2, 0.25) is 0 Å². The van der Waals surface area contributed by atoms with Crippen molar-refractivity contribution >= 4 is 11.6 Å². The molecule has 1 aromatic carbocycles. The van der Waals surface area contributed by atoms with Gasteiger partial charge in [0.1, 0.15) is 18.0 Å². The second kappa shape index (κ2) is 6.75. The average Bonchev–Trinajstić information content (AvgIpc) is 2.55. The van der Waals surface area contributed by atoms with Crippen molar-refractivity contribution in [3.8, 4) is 0 Å². The number of nitrogens with one attached hydrogen (secondary N) is 1. The monoisotopic (exact) mass is 298 g/mol. The van der Waals surface area contributed by atoms with Crippen molar-refractivity contribution in [3.05, 3.63) is 47.8 Å². The van der Waals surface area contributed by atoms with Gasteiger partial charge < -0.3 is 15.3 Å². The molecule has 0 saturated heterocycles. The van der Waals surface area contributed by atoms with Crippen LogP contribution in [0.3, 0.4) is 0 Å². The molecule has 0 amide bonds. The van der Waals surface area contributed by atoms with E-state index in [1.165, 1.54) is 11.1 Å². The number of aliphatic hydroxyl groups is 1. The lowest BCUT2D eigenvalue weighted by atomic mass is 9.95. The molecule has 22 heavy (non-hydrogen) atoms. The third kappa shape index (κ3) is 3.20. The summed E-state index contributed by atoms with van der Waals surface area (Å²) in [7, 11) is 0. The zero-order valence-corrected chi connectivity index (χ0v) is 12.9. The fraction of sp³-hybridized carbons (Fsp3) is 0.412. The van der Waals surface area contributed by atoms with Crippen LogP contribution >= 0.6 is 0 Å². The molecule has 5 nitrogen and oxygen atoms in total. The van der Waals surface area contributed by atoms with E-state index in [1.54, 1.807) is 6.33 Å². The highest BCUT2D eigenvalue weighted by Crippen LogP contribution is 2.27. The van der Waals surface area contributed by atoms with Gasteiger partial charge in [0, 0.05) is 31.8 Å². The fourth-order valence-electron chi connectivity index (χ4n) is 2.88. The number of hydrogen-bond acceptors (Lipinski definition) is 5. The van der Waals surface area contributed by atoms with Crippen LogP contribution < -0.4 is 10.2 Å². The van der Waals surface area contributed by atoms with Crippen LogP contribution in [-0.2, 0) is 13.0 Å². The molecule has 0 spiro atoms. The van der Waals surface area contributed by atoms with E-state index in [2.05, 4.69) is 51.4 Å². The standard InChI is InChI=1S/C17H22N4O/c1-13-9-14-5-2-3-6-15(14)11-21(13)17-10-16(19-12-20-17)18-7-4-8-22/h2-3,5-6,10,12-13,22H,4,7-9,11H2,1H3,(H,18,19,20)/t13-/m1/s1. The number of benzene rings is 1. The van der Waals surface area contributed by atoms with E-state index in [1.807, 2.05) is 6.07 Å². The van der Waals surface area contributed by atoms with E-state index < -0.39 is 0 Å². The molecule has 0 bridgehead atoms. The number of aromatic nitrogens is 2. The molecule has 1 aliphatic heterocycles. The van der Waals surface area contributed by atoms with E-state index in [0.29, 0.717) is 19.0 Å². The van der Waals surface area contributed by atoms with Gasteiger partial charge in [-0.2, -0.15) is 0 Å². The molecular weight excluding hydrogens is 276 g/mol. The van der Waals surface area contributed by atoms with Crippen molar-refractivity contribution in [1.82, 2.24) is 9.97 Å². The average molecular weight is 298 g/mol. The molecule has 0 fully saturated rings. The third-order valence-corrected chi connectivity index (χ3v) is 4.09. The Morgan fingerprint density at radius 1 is 1.27 bits per heavy atom. The van der Waals surface area contributed by atoms with E-state index in [0.717, 1.165) is 24.6 Å². The zero-order chi connectivity index (χ0) is 15.4. The molecule has 116 valence electrons. The zero-order valence-electron chi connectivity index (χ0n) is 12.9. The molecule has 5 heteroatoms. The normalized spacial score (nSPS) is 17.2. The van der Waals surface area contributed by atoms with E-state index in [-0.39, 0.29) is 6.61 Å². The summed E-state index contributed by atoms with van der Waals surface area (Å²) in [5.41, 5.74) is 2.80. The van der Waals surface area contributed by atoms with Gasteiger partial charge in [-0.15, -0.1) is 0 Å². The summed E-state index contributed by atoms with van der Waals surface area (Å²) in [5, 5.41) is 12.1. The lowest BCUT2D eigenvalue weighted by molar-refractivity contribution is 0.292. The number of nitrogens with zero attached hydrogens (tertiary/aromatic N) is 3. The highest BCUT2D eigenvalue weighted by molar-refractivity contribution is 5.51. The Bertz CT molecular complexity index is 632. The molecule has 0 unspecified atom stereocenters. The highest BCUT2D eigenvalue weighted by atomic mass is 16.3. The first kappa shape index (κ1) is 14.8. The third-order valence-electron chi connectivity index (χ3n) is 4.09. The number of fused-ring (bicyclic) bond motifs is 1. The van der Waals surface area contributed by atoms with E-state index in [4.69, 9.17) is 5.11 Å². The Morgan fingerprint density at radius 2 is 2.09 bits per heavy atom. The minimum Gasteiger partial charge on any atom is -0.396 e. The predicted octanol–water partition coefficient (Wildman–Crippen LogP) is 2.22. The summed E-state index contributed by atoms with van der Waals surface area (Å²) < 4.78 is 0. The predicted molar refractivity (Wildman–Crippen MR) is 88.0 cm³/mol. The van der Waals surface area contributed by atoms with Crippen LogP contribution in [0.5, 0.6) is 0 Å². The molecule has 3 rings (SSSR count). The van der Waals surface area contributed by atoms with Gasteiger partial charge in [0.05, 0.1) is 0 Å². The molecule has 2 N–H and O–H groups in total. The van der Waals surface area contributed by atoms with Gasteiger partial charge >= 0.3 is 0 Å². The molecule has 1 aliphatic rings. The van der Waals surface area contributed by atoms with Crippen LogP contribution in [0.4, 0.5) is 11.6 Å². The second-order valence-electron chi connectivity index (χ2n) is 5.72. The molecule has 0 saturated carbocycles. The molecular formula is C17H22N4O. The van der Waals surface area contributed by atoms with Crippen molar-refractivity contribution in [1.29, 1.82) is 0 Å². The van der Waals surface area contributed by atoms with Gasteiger partial charge in [0.25, 0.3) is 0 Å². The van der Waals surface area contributed by atoms with Crippen LogP contribution in [0.2, 0.25) is 0 Å². The Morgan fingerprint density at radius 3 is 2.91 bits per heavy atom. The maximum Gasteiger partial charge on any atom is 0.134 e. The molecule has 0 aliphatic carbocycles. The van der Waals surface area contributed by atoms with Crippen LogP contribution in [-0.4, -0.2) is 34.3 Å². The van der Waals surface area contributed by atoms with E-state index in [9.17, 15) is 0 Å². The largest absolute Gasteiger partial charge is 0.396 e. The van der Waals surface area contributed by atoms with Gasteiger partial charge in [-0.05, 0) is 30.9 Å². The smallest absolute Gasteiger partial charge is 0.134 e. The molecule has 0 radical (unpaired) electrons. The number of rotatable bonds is 5. The summed E-state index contributed by atoms with van der Waals surface area (Å²) >= 11 is 0. The van der Waals surface area contributed by atoms with Gasteiger partial charge in [-0.3, -0.25) is 0 Å². The SMILES string of the molecule is C[C@@H]1Cc2ccccc2CN1c1cc(NCCCO)ncn1.